The standard InChI is InChI=1S/C14H24N4OS/c1-9-11(18-15)16-13(14(2,3)4)17-12(9)20-8-10-6-5-7-19-10/h10H,5-8,15H2,1-4H3,(H,16,17,18). The van der Waals surface area contributed by atoms with Crippen LogP contribution in [0.2, 0.25) is 0 Å². The third-order valence-electron chi connectivity index (χ3n) is 3.34. The summed E-state index contributed by atoms with van der Waals surface area (Å²) in [5, 5.41) is 0.994. The maximum Gasteiger partial charge on any atom is 0.147 e. The third kappa shape index (κ3) is 3.62. The molecule has 20 heavy (non-hydrogen) atoms. The van der Waals surface area contributed by atoms with Gasteiger partial charge in [0.25, 0.3) is 0 Å². The Balaban J connectivity index is 2.21. The summed E-state index contributed by atoms with van der Waals surface area (Å²) < 4.78 is 5.66. The van der Waals surface area contributed by atoms with Crippen molar-refractivity contribution < 1.29 is 4.74 Å². The zero-order valence-corrected chi connectivity index (χ0v) is 13.5. The van der Waals surface area contributed by atoms with Crippen molar-refractivity contribution in [1.29, 1.82) is 0 Å². The first-order valence-corrected chi connectivity index (χ1v) is 8.00. The molecule has 1 aliphatic heterocycles. The second-order valence-electron chi connectivity index (χ2n) is 6.17. The number of hydrogen-bond donors (Lipinski definition) is 2. The lowest BCUT2D eigenvalue weighted by atomic mass is 9.95. The molecule has 0 aliphatic carbocycles. The Hall–Kier alpha value is -0.850. The molecule has 0 bridgehead atoms. The van der Waals surface area contributed by atoms with Gasteiger partial charge in [-0.25, -0.2) is 15.8 Å². The van der Waals surface area contributed by atoms with Crippen LogP contribution in [0.1, 0.15) is 45.0 Å². The Labute approximate surface area is 125 Å². The highest BCUT2D eigenvalue weighted by atomic mass is 32.2. The third-order valence-corrected chi connectivity index (χ3v) is 4.55. The summed E-state index contributed by atoms with van der Waals surface area (Å²) in [7, 11) is 0. The maximum atomic E-state index is 5.66. The Morgan fingerprint density at radius 2 is 2.15 bits per heavy atom. The molecule has 2 rings (SSSR count). The van der Waals surface area contributed by atoms with Gasteiger partial charge in [0.2, 0.25) is 0 Å². The number of hydrazine groups is 1. The van der Waals surface area contributed by atoms with E-state index in [0.29, 0.717) is 11.9 Å². The molecule has 1 aliphatic rings. The zero-order chi connectivity index (χ0) is 14.8. The maximum absolute atomic E-state index is 5.66. The molecular formula is C14H24N4OS. The van der Waals surface area contributed by atoms with Crippen molar-refractivity contribution >= 4 is 17.6 Å². The summed E-state index contributed by atoms with van der Waals surface area (Å²) in [5.41, 5.74) is 3.58. The molecule has 3 N–H and O–H groups in total. The molecule has 1 aromatic heterocycles. The first kappa shape index (κ1) is 15.5. The first-order chi connectivity index (χ1) is 9.41. The highest BCUT2D eigenvalue weighted by Crippen LogP contribution is 2.30. The van der Waals surface area contributed by atoms with E-state index in [4.69, 9.17) is 15.6 Å². The van der Waals surface area contributed by atoms with E-state index in [1.165, 1.54) is 0 Å². The molecule has 1 fully saturated rings. The number of anilines is 1. The van der Waals surface area contributed by atoms with E-state index in [-0.39, 0.29) is 5.41 Å². The number of nitrogens with one attached hydrogen (secondary N) is 1. The molecule has 1 aromatic rings. The van der Waals surface area contributed by atoms with Crippen LogP contribution in [0.15, 0.2) is 5.03 Å². The molecule has 0 spiro atoms. The van der Waals surface area contributed by atoms with Crippen molar-refractivity contribution in [1.82, 2.24) is 9.97 Å². The van der Waals surface area contributed by atoms with Crippen molar-refractivity contribution in [2.24, 2.45) is 5.84 Å². The van der Waals surface area contributed by atoms with Crippen LogP contribution in [-0.4, -0.2) is 28.4 Å². The van der Waals surface area contributed by atoms with E-state index >= 15 is 0 Å². The predicted octanol–water partition coefficient (Wildman–Crippen LogP) is 2.64. The van der Waals surface area contributed by atoms with Gasteiger partial charge in [-0.15, -0.1) is 11.8 Å². The van der Waals surface area contributed by atoms with Crippen LogP contribution < -0.4 is 11.3 Å². The van der Waals surface area contributed by atoms with Gasteiger partial charge in [-0.3, -0.25) is 0 Å². The molecule has 0 amide bonds. The molecule has 2 heterocycles. The highest BCUT2D eigenvalue weighted by molar-refractivity contribution is 7.99. The van der Waals surface area contributed by atoms with E-state index in [9.17, 15) is 0 Å². The summed E-state index contributed by atoms with van der Waals surface area (Å²) >= 11 is 1.73. The summed E-state index contributed by atoms with van der Waals surface area (Å²) in [6, 6.07) is 0. The summed E-state index contributed by atoms with van der Waals surface area (Å²) in [5.74, 6) is 8.03. The van der Waals surface area contributed by atoms with Crippen molar-refractivity contribution in [2.45, 2.75) is 57.1 Å². The normalized spacial score (nSPS) is 19.4. The number of rotatable bonds is 4. The Morgan fingerprint density at radius 1 is 1.40 bits per heavy atom. The SMILES string of the molecule is Cc1c(NN)nc(C(C)(C)C)nc1SCC1CCCO1. The van der Waals surface area contributed by atoms with E-state index in [0.717, 1.165) is 41.6 Å². The second kappa shape index (κ2) is 6.28. The minimum atomic E-state index is -0.0987. The van der Waals surface area contributed by atoms with Gasteiger partial charge in [0.1, 0.15) is 16.7 Å². The van der Waals surface area contributed by atoms with Crippen molar-refractivity contribution in [2.75, 3.05) is 17.8 Å². The molecule has 112 valence electrons. The summed E-state index contributed by atoms with van der Waals surface area (Å²) in [6.45, 7) is 9.20. The number of ether oxygens (including phenoxy) is 1. The van der Waals surface area contributed by atoms with Gasteiger partial charge in [0, 0.05) is 23.3 Å². The van der Waals surface area contributed by atoms with Crippen LogP contribution in [0.25, 0.3) is 0 Å². The molecule has 0 radical (unpaired) electrons. The summed E-state index contributed by atoms with van der Waals surface area (Å²) in [4.78, 5) is 9.22. The molecule has 1 unspecified atom stereocenters. The van der Waals surface area contributed by atoms with Crippen molar-refractivity contribution in [3.8, 4) is 0 Å². The zero-order valence-electron chi connectivity index (χ0n) is 12.7. The van der Waals surface area contributed by atoms with E-state index < -0.39 is 0 Å². The molecule has 0 saturated carbocycles. The molecule has 5 nitrogen and oxygen atoms in total. The topological polar surface area (TPSA) is 73.1 Å². The Bertz CT molecular complexity index is 467. The minimum absolute atomic E-state index is 0.0987. The van der Waals surface area contributed by atoms with Gasteiger partial charge in [0.05, 0.1) is 6.10 Å². The van der Waals surface area contributed by atoms with Gasteiger partial charge in [-0.2, -0.15) is 0 Å². The van der Waals surface area contributed by atoms with Crippen LogP contribution in [0.5, 0.6) is 0 Å². The van der Waals surface area contributed by atoms with Gasteiger partial charge in [-0.05, 0) is 19.8 Å². The van der Waals surface area contributed by atoms with E-state index in [1.807, 2.05) is 6.92 Å². The molecule has 1 saturated heterocycles. The fourth-order valence-corrected chi connectivity index (χ4v) is 3.13. The smallest absolute Gasteiger partial charge is 0.147 e. The predicted molar refractivity (Wildman–Crippen MR) is 83.0 cm³/mol. The Morgan fingerprint density at radius 3 is 2.70 bits per heavy atom. The van der Waals surface area contributed by atoms with Gasteiger partial charge >= 0.3 is 0 Å². The van der Waals surface area contributed by atoms with Gasteiger partial charge in [0.15, 0.2) is 0 Å². The van der Waals surface area contributed by atoms with E-state index in [1.54, 1.807) is 11.8 Å². The lowest BCUT2D eigenvalue weighted by Crippen LogP contribution is -2.20. The van der Waals surface area contributed by atoms with Crippen LogP contribution >= 0.6 is 11.8 Å². The number of nitrogens with zero attached hydrogens (tertiary/aromatic N) is 2. The molecule has 0 aromatic carbocycles. The fourth-order valence-electron chi connectivity index (χ4n) is 2.06. The van der Waals surface area contributed by atoms with Crippen LogP contribution in [0, 0.1) is 6.92 Å². The number of nitrogen functional groups attached to an aromatic ring is 1. The Kier molecular flexibility index (Phi) is 4.88. The van der Waals surface area contributed by atoms with Crippen LogP contribution in [0.3, 0.4) is 0 Å². The largest absolute Gasteiger partial charge is 0.377 e. The fraction of sp³-hybridized carbons (Fsp3) is 0.714. The average Bonchev–Trinajstić information content (AvgIpc) is 2.89. The second-order valence-corrected chi connectivity index (χ2v) is 7.18. The average molecular weight is 296 g/mol. The lowest BCUT2D eigenvalue weighted by Gasteiger charge is -2.20. The first-order valence-electron chi connectivity index (χ1n) is 7.02. The number of nitrogens with two attached hydrogens (primary N) is 1. The quantitative estimate of drug-likeness (QED) is 0.385. The van der Waals surface area contributed by atoms with E-state index in [2.05, 4.69) is 31.2 Å². The number of thioether (sulfide) groups is 1. The monoisotopic (exact) mass is 296 g/mol. The molecular weight excluding hydrogens is 272 g/mol. The highest BCUT2D eigenvalue weighted by Gasteiger charge is 2.22. The van der Waals surface area contributed by atoms with Crippen molar-refractivity contribution in [3.05, 3.63) is 11.4 Å². The lowest BCUT2D eigenvalue weighted by molar-refractivity contribution is 0.129. The minimum Gasteiger partial charge on any atom is -0.377 e. The van der Waals surface area contributed by atoms with Crippen LogP contribution in [0.4, 0.5) is 5.82 Å². The summed E-state index contributed by atoms with van der Waals surface area (Å²) in [6.07, 6.45) is 2.66. The molecule has 1 atom stereocenters. The number of hydrogen-bond acceptors (Lipinski definition) is 6. The van der Waals surface area contributed by atoms with Gasteiger partial charge < -0.3 is 10.2 Å². The van der Waals surface area contributed by atoms with Gasteiger partial charge in [-0.1, -0.05) is 20.8 Å². The molecule has 6 heteroatoms. The van der Waals surface area contributed by atoms with Crippen molar-refractivity contribution in [3.63, 3.8) is 0 Å². The number of aromatic nitrogens is 2. The van der Waals surface area contributed by atoms with Crippen LogP contribution in [-0.2, 0) is 10.2 Å².